The lowest BCUT2D eigenvalue weighted by molar-refractivity contribution is 0.323. The fourth-order valence-electron chi connectivity index (χ4n) is 2.95. The zero-order chi connectivity index (χ0) is 19.4. The molecule has 1 aliphatic heterocycles. The molecule has 2 aromatic rings. The lowest BCUT2D eigenvalue weighted by Gasteiger charge is -2.27. The van der Waals surface area contributed by atoms with Gasteiger partial charge in [-0.05, 0) is 65.8 Å². The number of hydrogen-bond donors (Lipinski definition) is 2. The third kappa shape index (κ3) is 3.93. The summed E-state index contributed by atoms with van der Waals surface area (Å²) in [7, 11) is 6.42. The Morgan fingerprint density at radius 3 is 2.00 bits per heavy atom. The fourth-order valence-corrected chi connectivity index (χ4v) is 3.19. The number of benzene rings is 2. The SMILES string of the molecule is COc1ccc(C2=C[C@H](c3cc(OC)c(OC)c(OC)c3)NC(=S)N2)cc1. The first-order chi connectivity index (χ1) is 13.1. The molecule has 142 valence electrons. The first-order valence-corrected chi connectivity index (χ1v) is 8.74. The molecule has 0 unspecified atom stereocenters. The summed E-state index contributed by atoms with van der Waals surface area (Å²) >= 11 is 5.40. The molecule has 0 saturated heterocycles. The van der Waals surface area contributed by atoms with E-state index in [1.807, 2.05) is 36.4 Å². The zero-order valence-corrected chi connectivity index (χ0v) is 16.5. The predicted octanol–water partition coefficient (Wildman–Crippen LogP) is 3.28. The molecule has 6 nitrogen and oxygen atoms in total. The minimum atomic E-state index is -0.149. The van der Waals surface area contributed by atoms with Crippen molar-refractivity contribution >= 4 is 23.0 Å². The highest BCUT2D eigenvalue weighted by molar-refractivity contribution is 7.80. The second-order valence-electron chi connectivity index (χ2n) is 5.84. The topological polar surface area (TPSA) is 61.0 Å². The van der Waals surface area contributed by atoms with E-state index >= 15 is 0 Å². The van der Waals surface area contributed by atoms with Crippen molar-refractivity contribution in [2.75, 3.05) is 28.4 Å². The molecule has 0 spiro atoms. The average Bonchev–Trinajstić information content (AvgIpc) is 2.72. The quantitative estimate of drug-likeness (QED) is 0.739. The number of ether oxygens (including phenoxy) is 4. The van der Waals surface area contributed by atoms with Crippen molar-refractivity contribution < 1.29 is 18.9 Å². The van der Waals surface area contributed by atoms with Crippen LogP contribution in [0.2, 0.25) is 0 Å². The molecule has 7 heteroatoms. The van der Waals surface area contributed by atoms with Gasteiger partial charge < -0.3 is 29.6 Å². The van der Waals surface area contributed by atoms with Crippen molar-refractivity contribution in [1.82, 2.24) is 10.6 Å². The van der Waals surface area contributed by atoms with Crippen molar-refractivity contribution in [3.05, 3.63) is 53.6 Å². The summed E-state index contributed by atoms with van der Waals surface area (Å²) in [6.45, 7) is 0. The summed E-state index contributed by atoms with van der Waals surface area (Å²) < 4.78 is 21.5. The van der Waals surface area contributed by atoms with Crippen LogP contribution < -0.4 is 29.6 Å². The Balaban J connectivity index is 2.01. The van der Waals surface area contributed by atoms with Crippen LogP contribution in [0.1, 0.15) is 17.2 Å². The van der Waals surface area contributed by atoms with Gasteiger partial charge >= 0.3 is 0 Å². The third-order valence-electron chi connectivity index (χ3n) is 4.32. The number of thiocarbonyl (C=S) groups is 1. The highest BCUT2D eigenvalue weighted by Crippen LogP contribution is 2.40. The van der Waals surface area contributed by atoms with Crippen LogP contribution in [0.3, 0.4) is 0 Å². The van der Waals surface area contributed by atoms with Gasteiger partial charge in [-0.15, -0.1) is 0 Å². The molecule has 1 aliphatic rings. The van der Waals surface area contributed by atoms with E-state index in [0.717, 1.165) is 22.6 Å². The normalized spacial score (nSPS) is 15.9. The van der Waals surface area contributed by atoms with Crippen LogP contribution in [0.5, 0.6) is 23.0 Å². The van der Waals surface area contributed by atoms with E-state index < -0.39 is 0 Å². The van der Waals surface area contributed by atoms with Crippen LogP contribution in [-0.4, -0.2) is 33.6 Å². The summed E-state index contributed by atoms with van der Waals surface area (Å²) in [4.78, 5) is 0. The van der Waals surface area contributed by atoms with Gasteiger partial charge in [0.25, 0.3) is 0 Å². The Morgan fingerprint density at radius 1 is 0.852 bits per heavy atom. The van der Waals surface area contributed by atoms with E-state index in [1.165, 1.54) is 0 Å². The molecule has 2 N–H and O–H groups in total. The summed E-state index contributed by atoms with van der Waals surface area (Å²) in [6, 6.07) is 11.5. The van der Waals surface area contributed by atoms with Gasteiger partial charge in [-0.25, -0.2) is 0 Å². The van der Waals surface area contributed by atoms with Gasteiger partial charge in [0.15, 0.2) is 16.6 Å². The maximum atomic E-state index is 5.46. The van der Waals surface area contributed by atoms with Crippen LogP contribution in [-0.2, 0) is 0 Å². The number of hydrogen-bond acceptors (Lipinski definition) is 5. The van der Waals surface area contributed by atoms with Crippen LogP contribution in [0.15, 0.2) is 42.5 Å². The zero-order valence-electron chi connectivity index (χ0n) is 15.7. The highest BCUT2D eigenvalue weighted by atomic mass is 32.1. The molecular formula is C20H22N2O4S. The molecule has 0 bridgehead atoms. The molecule has 0 aliphatic carbocycles. The molecule has 27 heavy (non-hydrogen) atoms. The fraction of sp³-hybridized carbons (Fsp3) is 0.250. The van der Waals surface area contributed by atoms with E-state index in [4.69, 9.17) is 31.2 Å². The lowest BCUT2D eigenvalue weighted by atomic mass is 10.0. The van der Waals surface area contributed by atoms with Gasteiger partial charge in [0.2, 0.25) is 5.75 Å². The Labute approximate surface area is 164 Å². The minimum Gasteiger partial charge on any atom is -0.497 e. The summed E-state index contributed by atoms with van der Waals surface area (Å²) in [5.41, 5.74) is 2.87. The van der Waals surface area contributed by atoms with Crippen LogP contribution in [0.25, 0.3) is 5.70 Å². The molecule has 2 aromatic carbocycles. The smallest absolute Gasteiger partial charge is 0.203 e. The largest absolute Gasteiger partial charge is 0.497 e. The van der Waals surface area contributed by atoms with Gasteiger partial charge in [-0.3, -0.25) is 0 Å². The van der Waals surface area contributed by atoms with E-state index in [9.17, 15) is 0 Å². The first kappa shape index (κ1) is 18.8. The molecule has 0 amide bonds. The summed E-state index contributed by atoms with van der Waals surface area (Å²) in [5, 5.41) is 7.01. The molecule has 0 saturated carbocycles. The van der Waals surface area contributed by atoms with Crippen LogP contribution in [0, 0.1) is 0 Å². The standard InChI is InChI=1S/C20H22N2O4S/c1-23-14-7-5-12(6-8-14)15-11-16(22-20(27)21-15)13-9-17(24-2)19(26-4)18(10-13)25-3/h5-11,16H,1-4H3,(H2,21,22,27)/t16-/m1/s1. The lowest BCUT2D eigenvalue weighted by Crippen LogP contribution is -2.40. The molecule has 3 rings (SSSR count). The second kappa shape index (κ2) is 8.18. The Hall–Kier alpha value is -2.93. The summed E-state index contributed by atoms with van der Waals surface area (Å²) in [6.07, 6.45) is 2.07. The van der Waals surface area contributed by atoms with E-state index in [2.05, 4.69) is 16.7 Å². The van der Waals surface area contributed by atoms with Gasteiger partial charge in [0, 0.05) is 5.70 Å². The van der Waals surface area contributed by atoms with Crippen LogP contribution in [0.4, 0.5) is 0 Å². The number of nitrogens with one attached hydrogen (secondary N) is 2. The molecule has 0 aromatic heterocycles. The maximum absolute atomic E-state index is 5.46. The van der Waals surface area contributed by atoms with Gasteiger partial charge in [0.05, 0.1) is 34.5 Å². The van der Waals surface area contributed by atoms with Gasteiger partial charge in [-0.2, -0.15) is 0 Å². The molecule has 0 radical (unpaired) electrons. The number of methoxy groups -OCH3 is 4. The predicted molar refractivity (Wildman–Crippen MR) is 109 cm³/mol. The molecule has 1 heterocycles. The minimum absolute atomic E-state index is 0.149. The Bertz CT molecular complexity index is 840. The van der Waals surface area contributed by atoms with E-state index in [-0.39, 0.29) is 6.04 Å². The monoisotopic (exact) mass is 386 g/mol. The Morgan fingerprint density at radius 2 is 1.48 bits per heavy atom. The van der Waals surface area contributed by atoms with Crippen molar-refractivity contribution in [1.29, 1.82) is 0 Å². The Kier molecular flexibility index (Phi) is 5.71. The van der Waals surface area contributed by atoms with Gasteiger partial charge in [0.1, 0.15) is 5.75 Å². The maximum Gasteiger partial charge on any atom is 0.203 e. The number of rotatable bonds is 6. The average molecular weight is 386 g/mol. The molecular weight excluding hydrogens is 364 g/mol. The van der Waals surface area contributed by atoms with Gasteiger partial charge in [-0.1, -0.05) is 0 Å². The second-order valence-corrected chi connectivity index (χ2v) is 6.25. The highest BCUT2D eigenvalue weighted by Gasteiger charge is 2.22. The third-order valence-corrected chi connectivity index (χ3v) is 4.54. The van der Waals surface area contributed by atoms with Crippen molar-refractivity contribution in [2.24, 2.45) is 0 Å². The van der Waals surface area contributed by atoms with E-state index in [1.54, 1.807) is 28.4 Å². The van der Waals surface area contributed by atoms with E-state index in [0.29, 0.717) is 22.4 Å². The summed E-state index contributed by atoms with van der Waals surface area (Å²) in [5.74, 6) is 2.55. The van der Waals surface area contributed by atoms with Crippen molar-refractivity contribution in [3.8, 4) is 23.0 Å². The molecule has 0 fully saturated rings. The molecule has 1 atom stereocenters. The first-order valence-electron chi connectivity index (χ1n) is 8.33. The van der Waals surface area contributed by atoms with Crippen molar-refractivity contribution in [3.63, 3.8) is 0 Å². The van der Waals surface area contributed by atoms with Crippen molar-refractivity contribution in [2.45, 2.75) is 6.04 Å². The van der Waals surface area contributed by atoms with Crippen LogP contribution >= 0.6 is 12.2 Å².